The Morgan fingerprint density at radius 1 is 1.29 bits per heavy atom. The first-order valence-electron chi connectivity index (χ1n) is 4.50. The molecule has 0 saturated carbocycles. The third kappa shape index (κ3) is 2.19. The molecule has 5 heteroatoms. The van der Waals surface area contributed by atoms with Crippen molar-refractivity contribution in [2.24, 2.45) is 10.5 Å². The molecule has 1 heterocycles. The molecule has 82 valence electrons. The molecule has 2 nitrogen and oxygen atoms in total. The molecule has 1 aliphatic rings. The molecule has 14 heavy (non-hydrogen) atoms. The summed E-state index contributed by atoms with van der Waals surface area (Å²) >= 11 is 0. The molecular formula is C9H15F3N2. The van der Waals surface area contributed by atoms with Gasteiger partial charge in [0.1, 0.15) is 5.71 Å². The highest BCUT2D eigenvalue weighted by Gasteiger charge is 2.44. The maximum Gasteiger partial charge on any atom is 0.431 e. The Kier molecular flexibility index (Phi) is 2.54. The van der Waals surface area contributed by atoms with Crippen molar-refractivity contribution < 1.29 is 13.2 Å². The summed E-state index contributed by atoms with van der Waals surface area (Å²) in [5.41, 5.74) is -0.856. The van der Waals surface area contributed by atoms with Gasteiger partial charge in [0.2, 0.25) is 0 Å². The predicted molar refractivity (Wildman–Crippen MR) is 49.1 cm³/mol. The van der Waals surface area contributed by atoms with Crippen LogP contribution >= 0.6 is 0 Å². The van der Waals surface area contributed by atoms with E-state index in [4.69, 9.17) is 0 Å². The van der Waals surface area contributed by atoms with Crippen LogP contribution in [0.25, 0.3) is 0 Å². The number of halogens is 3. The molecule has 0 aromatic rings. The monoisotopic (exact) mass is 208 g/mol. The van der Waals surface area contributed by atoms with Crippen molar-refractivity contribution in [2.75, 3.05) is 7.05 Å². The van der Waals surface area contributed by atoms with E-state index >= 15 is 0 Å². The Morgan fingerprint density at radius 2 is 1.79 bits per heavy atom. The van der Waals surface area contributed by atoms with Crippen LogP contribution in [0.5, 0.6) is 0 Å². The molecule has 0 bridgehead atoms. The maximum absolute atomic E-state index is 12.3. The summed E-state index contributed by atoms with van der Waals surface area (Å²) < 4.78 is 37.0. The molecule has 0 saturated heterocycles. The molecule has 1 unspecified atom stereocenters. The van der Waals surface area contributed by atoms with E-state index in [0.717, 1.165) is 0 Å². The van der Waals surface area contributed by atoms with Gasteiger partial charge in [0.15, 0.2) is 0 Å². The first-order chi connectivity index (χ1) is 6.12. The van der Waals surface area contributed by atoms with Crippen molar-refractivity contribution in [3.05, 3.63) is 0 Å². The third-order valence-electron chi connectivity index (χ3n) is 2.44. The number of alkyl halides is 3. The van der Waals surface area contributed by atoms with Crippen LogP contribution in [0.2, 0.25) is 0 Å². The smallest absolute Gasteiger partial charge is 0.296 e. The van der Waals surface area contributed by atoms with Gasteiger partial charge in [-0.25, -0.2) is 0 Å². The quantitative estimate of drug-likeness (QED) is 0.597. The molecule has 0 radical (unpaired) electrons. The van der Waals surface area contributed by atoms with Crippen molar-refractivity contribution in [2.45, 2.75) is 39.4 Å². The fourth-order valence-electron chi connectivity index (χ4n) is 1.66. The SMILES string of the molecule is CN1N=C(C(F)(F)F)CC1C(C)(C)C. The van der Waals surface area contributed by atoms with E-state index in [1.54, 1.807) is 7.05 Å². The van der Waals surface area contributed by atoms with Crippen LogP contribution in [-0.4, -0.2) is 30.0 Å². The highest BCUT2D eigenvalue weighted by atomic mass is 19.4. The van der Waals surface area contributed by atoms with E-state index in [2.05, 4.69) is 5.10 Å². The second-order valence-corrected chi connectivity index (χ2v) is 4.70. The second-order valence-electron chi connectivity index (χ2n) is 4.70. The van der Waals surface area contributed by atoms with Gasteiger partial charge in [0.25, 0.3) is 0 Å². The molecule has 0 spiro atoms. The number of rotatable bonds is 0. The molecule has 1 atom stereocenters. The normalized spacial score (nSPS) is 24.1. The van der Waals surface area contributed by atoms with Crippen LogP contribution in [0.1, 0.15) is 27.2 Å². The minimum absolute atomic E-state index is 0.0104. The van der Waals surface area contributed by atoms with Crippen LogP contribution in [0.3, 0.4) is 0 Å². The van der Waals surface area contributed by atoms with E-state index in [1.807, 2.05) is 20.8 Å². The average molecular weight is 208 g/mol. The molecule has 0 aromatic heterocycles. The van der Waals surface area contributed by atoms with Crippen LogP contribution in [0.4, 0.5) is 13.2 Å². The number of hydrogen-bond acceptors (Lipinski definition) is 2. The Hall–Kier alpha value is -0.740. The van der Waals surface area contributed by atoms with Gasteiger partial charge in [-0.1, -0.05) is 20.8 Å². The van der Waals surface area contributed by atoms with Crippen molar-refractivity contribution in [3.63, 3.8) is 0 Å². The average Bonchev–Trinajstić information content (AvgIpc) is 2.27. The molecule has 0 N–H and O–H groups in total. The number of hydrogen-bond donors (Lipinski definition) is 0. The van der Waals surface area contributed by atoms with Gasteiger partial charge in [-0.05, 0) is 5.41 Å². The lowest BCUT2D eigenvalue weighted by molar-refractivity contribution is -0.0602. The Bertz CT molecular complexity index is 250. The molecule has 0 fully saturated rings. The zero-order chi connectivity index (χ0) is 11.1. The summed E-state index contributed by atoms with van der Waals surface area (Å²) in [6.45, 7) is 5.76. The van der Waals surface area contributed by atoms with E-state index in [-0.39, 0.29) is 17.9 Å². The van der Waals surface area contributed by atoms with Crippen molar-refractivity contribution >= 4 is 5.71 Å². The van der Waals surface area contributed by atoms with Crippen molar-refractivity contribution in [1.29, 1.82) is 0 Å². The second kappa shape index (κ2) is 3.14. The molecule has 1 aliphatic heterocycles. The highest BCUT2D eigenvalue weighted by molar-refractivity contribution is 5.91. The number of hydrazone groups is 1. The Morgan fingerprint density at radius 3 is 2.00 bits per heavy atom. The van der Waals surface area contributed by atoms with Gasteiger partial charge in [0, 0.05) is 13.5 Å². The first-order valence-corrected chi connectivity index (χ1v) is 4.50. The van der Waals surface area contributed by atoms with Gasteiger partial charge in [0.05, 0.1) is 6.04 Å². The van der Waals surface area contributed by atoms with Crippen LogP contribution in [0.15, 0.2) is 5.10 Å². The topological polar surface area (TPSA) is 15.6 Å². The fraction of sp³-hybridized carbons (Fsp3) is 0.889. The summed E-state index contributed by atoms with van der Waals surface area (Å²) in [5.74, 6) is 0. The van der Waals surface area contributed by atoms with Gasteiger partial charge in [-0.15, -0.1) is 0 Å². The van der Waals surface area contributed by atoms with E-state index in [1.165, 1.54) is 5.01 Å². The van der Waals surface area contributed by atoms with Crippen LogP contribution in [0, 0.1) is 5.41 Å². The Balaban J connectivity index is 2.80. The summed E-state index contributed by atoms with van der Waals surface area (Å²) in [4.78, 5) is 0. The lowest BCUT2D eigenvalue weighted by atomic mass is 9.84. The summed E-state index contributed by atoms with van der Waals surface area (Å²) in [5, 5.41) is 4.95. The highest BCUT2D eigenvalue weighted by Crippen LogP contribution is 2.34. The van der Waals surface area contributed by atoms with Gasteiger partial charge >= 0.3 is 6.18 Å². The van der Waals surface area contributed by atoms with Crippen molar-refractivity contribution in [1.82, 2.24) is 5.01 Å². The summed E-state index contributed by atoms with van der Waals surface area (Å²) in [6, 6.07) is -0.167. The Labute approximate surface area is 81.8 Å². The third-order valence-corrected chi connectivity index (χ3v) is 2.44. The zero-order valence-electron chi connectivity index (χ0n) is 8.81. The summed E-state index contributed by atoms with van der Waals surface area (Å²) in [6.07, 6.45) is -4.29. The van der Waals surface area contributed by atoms with E-state index in [0.29, 0.717) is 0 Å². The standard InChI is InChI=1S/C9H15F3N2/c1-8(2,3)7-5-6(9(10,11)12)13-14(7)4/h7H,5H2,1-4H3. The molecular weight excluding hydrogens is 193 g/mol. The van der Waals surface area contributed by atoms with Gasteiger partial charge in [-0.3, -0.25) is 5.01 Å². The van der Waals surface area contributed by atoms with E-state index in [9.17, 15) is 13.2 Å². The van der Waals surface area contributed by atoms with Gasteiger partial charge < -0.3 is 0 Å². The largest absolute Gasteiger partial charge is 0.431 e. The van der Waals surface area contributed by atoms with Gasteiger partial charge in [-0.2, -0.15) is 18.3 Å². The summed E-state index contributed by atoms with van der Waals surface area (Å²) in [7, 11) is 1.59. The van der Waals surface area contributed by atoms with E-state index < -0.39 is 11.9 Å². The van der Waals surface area contributed by atoms with Crippen molar-refractivity contribution in [3.8, 4) is 0 Å². The minimum Gasteiger partial charge on any atom is -0.296 e. The predicted octanol–water partition coefficient (Wildman–Crippen LogP) is 2.65. The van der Waals surface area contributed by atoms with Crippen LogP contribution in [-0.2, 0) is 0 Å². The minimum atomic E-state index is -4.28. The lowest BCUT2D eigenvalue weighted by Gasteiger charge is -2.31. The molecule has 0 aromatic carbocycles. The number of nitrogens with zero attached hydrogens (tertiary/aromatic N) is 2. The van der Waals surface area contributed by atoms with Crippen LogP contribution < -0.4 is 0 Å². The molecule has 0 amide bonds. The molecule has 0 aliphatic carbocycles. The zero-order valence-corrected chi connectivity index (χ0v) is 8.81. The molecule has 1 rings (SSSR count). The maximum atomic E-state index is 12.3. The first kappa shape index (κ1) is 11.3. The fourth-order valence-corrected chi connectivity index (χ4v) is 1.66. The lowest BCUT2D eigenvalue weighted by Crippen LogP contribution is -2.36.